The van der Waals surface area contributed by atoms with Gasteiger partial charge in [-0.25, -0.2) is 4.98 Å². The summed E-state index contributed by atoms with van der Waals surface area (Å²) in [5, 5.41) is 0.442. The van der Waals surface area contributed by atoms with Crippen LogP contribution in [0.15, 0.2) is 58.2 Å². The minimum atomic E-state index is -0.274. The largest absolute Gasteiger partial charge is 0.431 e. The standard InChI is InChI=1S/C16H10N2O3S/c19-14-10-5-1-2-6-11(10)15(20)18(14)9-22-16-17-12-7-3-4-8-13(12)21-16/h1-8H,9H2. The van der Waals surface area contributed by atoms with Crippen molar-refractivity contribution in [1.29, 1.82) is 0 Å². The van der Waals surface area contributed by atoms with Crippen LogP contribution in [0, 0.1) is 0 Å². The number of thioether (sulfide) groups is 1. The molecular weight excluding hydrogens is 300 g/mol. The van der Waals surface area contributed by atoms with Crippen LogP contribution in [-0.2, 0) is 0 Å². The van der Waals surface area contributed by atoms with Crippen LogP contribution < -0.4 is 0 Å². The van der Waals surface area contributed by atoms with Crippen LogP contribution in [0.5, 0.6) is 0 Å². The van der Waals surface area contributed by atoms with Crippen molar-refractivity contribution < 1.29 is 14.0 Å². The molecular formula is C16H10N2O3S. The van der Waals surface area contributed by atoms with E-state index in [0.29, 0.717) is 21.9 Å². The van der Waals surface area contributed by atoms with Gasteiger partial charge in [0.05, 0.1) is 17.0 Å². The third kappa shape index (κ3) is 2.00. The zero-order valence-corrected chi connectivity index (χ0v) is 12.2. The number of hydrogen-bond donors (Lipinski definition) is 0. The van der Waals surface area contributed by atoms with E-state index in [9.17, 15) is 9.59 Å². The van der Waals surface area contributed by atoms with Gasteiger partial charge in [0.1, 0.15) is 5.52 Å². The van der Waals surface area contributed by atoms with E-state index in [1.165, 1.54) is 16.7 Å². The molecule has 4 rings (SSSR count). The van der Waals surface area contributed by atoms with E-state index in [2.05, 4.69) is 4.98 Å². The molecule has 0 N–H and O–H groups in total. The fraction of sp³-hybridized carbons (Fsp3) is 0.0625. The zero-order chi connectivity index (χ0) is 15.1. The van der Waals surface area contributed by atoms with Crippen LogP contribution in [0.1, 0.15) is 20.7 Å². The number of nitrogens with zero attached hydrogens (tertiary/aromatic N) is 2. The van der Waals surface area contributed by atoms with Gasteiger partial charge in [-0.3, -0.25) is 14.5 Å². The summed E-state index contributed by atoms with van der Waals surface area (Å²) in [7, 11) is 0. The van der Waals surface area contributed by atoms with E-state index in [1.54, 1.807) is 24.3 Å². The molecule has 0 aliphatic carbocycles. The first-order valence-electron chi connectivity index (χ1n) is 6.67. The molecule has 0 atom stereocenters. The number of imide groups is 1. The molecule has 0 saturated heterocycles. The van der Waals surface area contributed by atoms with Crippen LogP contribution in [0.3, 0.4) is 0 Å². The van der Waals surface area contributed by atoms with Crippen molar-refractivity contribution in [1.82, 2.24) is 9.88 Å². The number of fused-ring (bicyclic) bond motifs is 2. The van der Waals surface area contributed by atoms with Crippen molar-refractivity contribution in [3.8, 4) is 0 Å². The van der Waals surface area contributed by atoms with Gasteiger partial charge < -0.3 is 4.42 Å². The van der Waals surface area contributed by atoms with E-state index in [0.717, 1.165) is 5.52 Å². The predicted octanol–water partition coefficient (Wildman–Crippen LogP) is 3.17. The molecule has 1 aromatic heterocycles. The highest BCUT2D eigenvalue weighted by molar-refractivity contribution is 7.99. The normalized spacial score (nSPS) is 13.9. The van der Waals surface area contributed by atoms with Gasteiger partial charge in [0.15, 0.2) is 5.58 Å². The van der Waals surface area contributed by atoms with Gasteiger partial charge >= 0.3 is 0 Å². The Balaban J connectivity index is 1.55. The number of rotatable bonds is 3. The maximum Gasteiger partial charge on any atom is 0.262 e. The lowest BCUT2D eigenvalue weighted by Crippen LogP contribution is -2.29. The maximum absolute atomic E-state index is 12.2. The third-order valence-corrected chi connectivity index (χ3v) is 4.28. The molecule has 2 aromatic carbocycles. The number of hydrogen-bond acceptors (Lipinski definition) is 5. The average molecular weight is 310 g/mol. The minimum Gasteiger partial charge on any atom is -0.431 e. The van der Waals surface area contributed by atoms with Crippen LogP contribution >= 0.6 is 11.8 Å². The number of aromatic nitrogens is 1. The highest BCUT2D eigenvalue weighted by Gasteiger charge is 2.35. The van der Waals surface area contributed by atoms with Gasteiger partial charge in [-0.15, -0.1) is 0 Å². The SMILES string of the molecule is O=C1c2ccccc2C(=O)N1CSc1nc2ccccc2o1. The molecule has 1 aliphatic heterocycles. The fourth-order valence-electron chi connectivity index (χ4n) is 2.39. The Morgan fingerprint density at radius 1 is 0.955 bits per heavy atom. The molecule has 0 fully saturated rings. The molecule has 2 amide bonds. The van der Waals surface area contributed by atoms with Crippen LogP contribution in [0.4, 0.5) is 0 Å². The summed E-state index contributed by atoms with van der Waals surface area (Å²) in [5.74, 6) is -0.368. The van der Waals surface area contributed by atoms with Crippen molar-refractivity contribution >= 4 is 34.7 Å². The molecule has 0 bridgehead atoms. The summed E-state index contributed by atoms with van der Waals surface area (Å²) in [4.78, 5) is 30.0. The Bertz CT molecular complexity index is 835. The Morgan fingerprint density at radius 3 is 2.27 bits per heavy atom. The number of amides is 2. The molecule has 2 heterocycles. The Kier molecular flexibility index (Phi) is 2.97. The van der Waals surface area contributed by atoms with Crippen molar-refractivity contribution in [3.05, 3.63) is 59.7 Å². The number of benzene rings is 2. The van der Waals surface area contributed by atoms with E-state index >= 15 is 0 Å². The van der Waals surface area contributed by atoms with E-state index in [4.69, 9.17) is 4.42 Å². The van der Waals surface area contributed by atoms with Gasteiger partial charge in [0.2, 0.25) is 0 Å². The molecule has 0 saturated carbocycles. The highest BCUT2D eigenvalue weighted by Crippen LogP contribution is 2.28. The molecule has 5 nitrogen and oxygen atoms in total. The number of carbonyl (C=O) groups excluding carboxylic acids is 2. The molecule has 22 heavy (non-hydrogen) atoms. The zero-order valence-electron chi connectivity index (χ0n) is 11.4. The van der Waals surface area contributed by atoms with Gasteiger partial charge in [0, 0.05) is 0 Å². The summed E-state index contributed by atoms with van der Waals surface area (Å²) in [6, 6.07) is 14.3. The maximum atomic E-state index is 12.2. The van der Waals surface area contributed by atoms with Crippen LogP contribution in [0.2, 0.25) is 0 Å². The lowest BCUT2D eigenvalue weighted by atomic mass is 10.1. The molecule has 3 aromatic rings. The highest BCUT2D eigenvalue weighted by atomic mass is 32.2. The average Bonchev–Trinajstić information content (AvgIpc) is 3.06. The van der Waals surface area contributed by atoms with Crippen molar-refractivity contribution in [2.75, 3.05) is 5.88 Å². The molecule has 108 valence electrons. The second-order valence-corrected chi connectivity index (χ2v) is 5.70. The third-order valence-electron chi connectivity index (χ3n) is 3.47. The lowest BCUT2D eigenvalue weighted by molar-refractivity contribution is 0.0684. The quantitative estimate of drug-likeness (QED) is 0.549. The monoisotopic (exact) mass is 310 g/mol. The summed E-state index contributed by atoms with van der Waals surface area (Å²) < 4.78 is 5.58. The van der Waals surface area contributed by atoms with Gasteiger partial charge in [-0.05, 0) is 36.0 Å². The van der Waals surface area contributed by atoms with E-state index in [-0.39, 0.29) is 17.7 Å². The number of oxazole rings is 1. The topological polar surface area (TPSA) is 63.4 Å². The van der Waals surface area contributed by atoms with Crippen LogP contribution in [-0.4, -0.2) is 27.6 Å². The van der Waals surface area contributed by atoms with Gasteiger partial charge in [-0.2, -0.15) is 0 Å². The number of carbonyl (C=O) groups is 2. The van der Waals surface area contributed by atoms with Gasteiger partial charge in [0.25, 0.3) is 17.0 Å². The summed E-state index contributed by atoms with van der Waals surface area (Å²) in [6.07, 6.45) is 0. The Morgan fingerprint density at radius 2 is 1.59 bits per heavy atom. The van der Waals surface area contributed by atoms with Crippen molar-refractivity contribution in [2.45, 2.75) is 5.22 Å². The smallest absolute Gasteiger partial charge is 0.262 e. The Labute approximate surface area is 129 Å². The van der Waals surface area contributed by atoms with E-state index in [1.807, 2.05) is 24.3 Å². The predicted molar refractivity (Wildman–Crippen MR) is 81.7 cm³/mol. The summed E-state index contributed by atoms with van der Waals surface area (Å²) in [5.41, 5.74) is 2.34. The van der Waals surface area contributed by atoms with Crippen LogP contribution in [0.25, 0.3) is 11.1 Å². The van der Waals surface area contributed by atoms with Crippen molar-refractivity contribution in [2.24, 2.45) is 0 Å². The fourth-order valence-corrected chi connectivity index (χ4v) is 3.17. The first-order chi connectivity index (χ1) is 10.7. The minimum absolute atomic E-state index is 0.180. The second kappa shape index (κ2) is 4.99. The second-order valence-electron chi connectivity index (χ2n) is 4.80. The first kappa shape index (κ1) is 13.1. The molecule has 0 radical (unpaired) electrons. The van der Waals surface area contributed by atoms with E-state index < -0.39 is 0 Å². The number of para-hydroxylation sites is 2. The Hall–Kier alpha value is -2.60. The lowest BCUT2D eigenvalue weighted by Gasteiger charge is -2.11. The summed E-state index contributed by atoms with van der Waals surface area (Å²) in [6.45, 7) is 0. The van der Waals surface area contributed by atoms with Crippen molar-refractivity contribution in [3.63, 3.8) is 0 Å². The van der Waals surface area contributed by atoms with Gasteiger partial charge in [-0.1, -0.05) is 24.3 Å². The molecule has 0 spiro atoms. The molecule has 1 aliphatic rings. The first-order valence-corrected chi connectivity index (χ1v) is 7.66. The molecule has 6 heteroatoms. The summed E-state index contributed by atoms with van der Waals surface area (Å²) >= 11 is 1.23. The molecule has 0 unspecified atom stereocenters.